The van der Waals surface area contributed by atoms with E-state index in [1.54, 1.807) is 36.9 Å². The number of aromatic nitrogens is 3. The topological polar surface area (TPSA) is 83.8 Å². The van der Waals surface area contributed by atoms with E-state index in [1.807, 2.05) is 36.4 Å². The monoisotopic (exact) mass is 326 g/mol. The van der Waals surface area contributed by atoms with Gasteiger partial charge >= 0.3 is 6.03 Å². The second-order valence-electron chi connectivity index (χ2n) is 5.34. The Kier molecular flexibility index (Phi) is 4.30. The highest BCUT2D eigenvalue weighted by atomic mass is 16.5. The molecule has 3 aromatic rings. The van der Waals surface area contributed by atoms with Gasteiger partial charge in [0.1, 0.15) is 5.75 Å². The number of benzene rings is 1. The van der Waals surface area contributed by atoms with E-state index in [0.717, 1.165) is 17.0 Å². The normalized spacial score (nSPS) is 10.8. The summed E-state index contributed by atoms with van der Waals surface area (Å²) in [6.45, 7) is 0. The number of imidazole rings is 1. The Bertz CT molecular complexity index is 874. The van der Waals surface area contributed by atoms with Gasteiger partial charge in [-0.1, -0.05) is 12.1 Å². The molecule has 0 aliphatic rings. The lowest BCUT2D eigenvalue weighted by Gasteiger charge is -2.11. The largest absolute Gasteiger partial charge is 0.497 e. The number of urea groups is 1. The Balaban J connectivity index is 1.87. The van der Waals surface area contributed by atoms with Crippen molar-refractivity contribution < 1.29 is 9.53 Å². The van der Waals surface area contributed by atoms with Crippen molar-refractivity contribution in [3.63, 3.8) is 0 Å². The Morgan fingerprint density at radius 2 is 2.08 bits per heavy atom. The molecule has 124 valence electrons. The third-order valence-electron chi connectivity index (χ3n) is 3.25. The molecular formula is C16H18N6O2. The molecule has 0 atom stereocenters. The maximum atomic E-state index is 11.7. The fourth-order valence-corrected chi connectivity index (χ4v) is 2.23. The summed E-state index contributed by atoms with van der Waals surface area (Å²) >= 11 is 0. The maximum absolute atomic E-state index is 11.7. The van der Waals surface area contributed by atoms with E-state index in [-0.39, 0.29) is 6.03 Å². The Morgan fingerprint density at radius 3 is 2.83 bits per heavy atom. The molecule has 0 radical (unpaired) electrons. The van der Waals surface area contributed by atoms with Crippen LogP contribution in [0.1, 0.15) is 0 Å². The van der Waals surface area contributed by atoms with Crippen LogP contribution in [0.2, 0.25) is 0 Å². The molecule has 0 saturated carbocycles. The maximum Gasteiger partial charge on any atom is 0.334 e. The number of hydrazine groups is 1. The SMILES string of the molecule is COc1cccc(-c2ccc3nc(NC(=O)NN(C)C)cn3n2)c1. The van der Waals surface area contributed by atoms with Crippen LogP contribution in [-0.2, 0) is 0 Å². The number of rotatable bonds is 4. The van der Waals surface area contributed by atoms with Crippen LogP contribution < -0.4 is 15.5 Å². The third kappa shape index (κ3) is 3.44. The molecule has 0 fully saturated rings. The zero-order valence-corrected chi connectivity index (χ0v) is 13.6. The summed E-state index contributed by atoms with van der Waals surface area (Å²) in [5.74, 6) is 1.19. The summed E-state index contributed by atoms with van der Waals surface area (Å²) in [6, 6.07) is 11.0. The minimum Gasteiger partial charge on any atom is -0.497 e. The molecule has 0 unspecified atom stereocenters. The number of carbonyl (C=O) groups is 1. The Labute approximate surface area is 139 Å². The lowest BCUT2D eigenvalue weighted by atomic mass is 10.1. The Morgan fingerprint density at radius 1 is 1.25 bits per heavy atom. The lowest BCUT2D eigenvalue weighted by Crippen LogP contribution is -2.39. The van der Waals surface area contributed by atoms with Gasteiger partial charge in [-0.3, -0.25) is 10.7 Å². The molecule has 2 aromatic heterocycles. The van der Waals surface area contributed by atoms with Crippen molar-refractivity contribution in [3.05, 3.63) is 42.6 Å². The smallest absolute Gasteiger partial charge is 0.334 e. The zero-order chi connectivity index (χ0) is 17.1. The minimum absolute atomic E-state index is 0.364. The van der Waals surface area contributed by atoms with Gasteiger partial charge in [-0.15, -0.1) is 0 Å². The summed E-state index contributed by atoms with van der Waals surface area (Å²) in [5.41, 5.74) is 4.94. The zero-order valence-electron chi connectivity index (χ0n) is 13.6. The molecule has 8 nitrogen and oxygen atoms in total. The highest BCUT2D eigenvalue weighted by Gasteiger charge is 2.09. The van der Waals surface area contributed by atoms with Crippen LogP contribution in [0.5, 0.6) is 5.75 Å². The molecule has 0 spiro atoms. The van der Waals surface area contributed by atoms with E-state index >= 15 is 0 Å². The van der Waals surface area contributed by atoms with Crippen molar-refractivity contribution in [3.8, 4) is 17.0 Å². The van der Waals surface area contributed by atoms with Gasteiger partial charge in [-0.2, -0.15) is 5.10 Å². The van der Waals surface area contributed by atoms with Crippen molar-refractivity contribution in [2.75, 3.05) is 26.5 Å². The highest BCUT2D eigenvalue weighted by molar-refractivity contribution is 5.88. The van der Waals surface area contributed by atoms with Crippen molar-refractivity contribution in [1.82, 2.24) is 25.0 Å². The molecule has 0 aliphatic carbocycles. The van der Waals surface area contributed by atoms with Crippen LogP contribution >= 0.6 is 0 Å². The molecule has 0 bridgehead atoms. The summed E-state index contributed by atoms with van der Waals surface area (Å²) in [5, 5.41) is 8.73. The van der Waals surface area contributed by atoms with Gasteiger partial charge in [0.05, 0.1) is 19.0 Å². The van der Waals surface area contributed by atoms with Gasteiger partial charge in [-0.05, 0) is 24.3 Å². The summed E-state index contributed by atoms with van der Waals surface area (Å²) in [4.78, 5) is 16.0. The van der Waals surface area contributed by atoms with Crippen molar-refractivity contribution >= 4 is 17.5 Å². The van der Waals surface area contributed by atoms with Gasteiger partial charge in [-0.25, -0.2) is 19.3 Å². The first-order chi connectivity index (χ1) is 11.5. The number of anilines is 1. The second-order valence-corrected chi connectivity index (χ2v) is 5.34. The van der Waals surface area contributed by atoms with Crippen LogP contribution in [0.4, 0.5) is 10.6 Å². The van der Waals surface area contributed by atoms with Gasteiger partial charge < -0.3 is 4.74 Å². The molecule has 8 heteroatoms. The molecule has 2 heterocycles. The van der Waals surface area contributed by atoms with Crippen LogP contribution in [-0.4, -0.2) is 46.8 Å². The van der Waals surface area contributed by atoms with Crippen molar-refractivity contribution in [2.45, 2.75) is 0 Å². The predicted octanol–water partition coefficient (Wildman–Crippen LogP) is 2.00. The fourth-order valence-electron chi connectivity index (χ4n) is 2.23. The molecular weight excluding hydrogens is 308 g/mol. The number of hydrogen-bond donors (Lipinski definition) is 2. The predicted molar refractivity (Wildman–Crippen MR) is 90.8 cm³/mol. The standard InChI is InChI=1S/C16H18N6O2/c1-21(2)20-16(23)18-14-10-22-15(17-14)8-7-13(19-22)11-5-4-6-12(9-11)24-3/h4-10H,1-3H3,(H2,18,20,23). The number of hydrogen-bond acceptors (Lipinski definition) is 5. The van der Waals surface area contributed by atoms with Crippen LogP contribution in [0.3, 0.4) is 0 Å². The number of nitrogens with one attached hydrogen (secondary N) is 2. The first kappa shape index (κ1) is 15.8. The quantitative estimate of drug-likeness (QED) is 0.717. The summed E-state index contributed by atoms with van der Waals surface area (Å²) in [7, 11) is 5.08. The first-order valence-corrected chi connectivity index (χ1v) is 7.31. The van der Waals surface area contributed by atoms with Crippen LogP contribution in [0.15, 0.2) is 42.6 Å². The first-order valence-electron chi connectivity index (χ1n) is 7.31. The third-order valence-corrected chi connectivity index (χ3v) is 3.25. The van der Waals surface area contributed by atoms with Gasteiger partial charge in [0.25, 0.3) is 0 Å². The molecule has 0 aliphatic heterocycles. The summed E-state index contributed by atoms with van der Waals surface area (Å²) < 4.78 is 6.86. The van der Waals surface area contributed by atoms with Gasteiger partial charge in [0.15, 0.2) is 11.5 Å². The van der Waals surface area contributed by atoms with Crippen molar-refractivity contribution in [1.29, 1.82) is 0 Å². The highest BCUT2D eigenvalue weighted by Crippen LogP contribution is 2.22. The number of nitrogens with zero attached hydrogens (tertiary/aromatic N) is 4. The van der Waals surface area contributed by atoms with E-state index in [4.69, 9.17) is 4.74 Å². The number of ether oxygens (including phenoxy) is 1. The number of methoxy groups -OCH3 is 1. The summed E-state index contributed by atoms with van der Waals surface area (Å²) in [6.07, 6.45) is 1.66. The second kappa shape index (κ2) is 6.55. The van der Waals surface area contributed by atoms with E-state index in [1.165, 1.54) is 0 Å². The molecule has 2 N–H and O–H groups in total. The lowest BCUT2D eigenvalue weighted by molar-refractivity contribution is 0.224. The van der Waals surface area contributed by atoms with Gasteiger partial charge in [0.2, 0.25) is 0 Å². The van der Waals surface area contributed by atoms with Gasteiger partial charge in [0, 0.05) is 19.7 Å². The van der Waals surface area contributed by atoms with Crippen LogP contribution in [0, 0.1) is 0 Å². The average Bonchev–Trinajstić information content (AvgIpc) is 2.95. The number of amides is 2. The van der Waals surface area contributed by atoms with Crippen LogP contribution in [0.25, 0.3) is 16.9 Å². The van der Waals surface area contributed by atoms with Crippen molar-refractivity contribution in [2.24, 2.45) is 0 Å². The Hall–Kier alpha value is -3.13. The molecule has 0 saturated heterocycles. The van der Waals surface area contributed by atoms with E-state index in [0.29, 0.717) is 11.5 Å². The average molecular weight is 326 g/mol. The van der Waals surface area contributed by atoms with E-state index in [9.17, 15) is 4.79 Å². The minimum atomic E-state index is -0.364. The number of carbonyl (C=O) groups excluding carboxylic acids is 1. The molecule has 2 amide bonds. The molecule has 24 heavy (non-hydrogen) atoms. The number of fused-ring (bicyclic) bond motifs is 1. The fraction of sp³-hybridized carbons (Fsp3) is 0.188. The van der Waals surface area contributed by atoms with E-state index < -0.39 is 0 Å². The molecule has 3 rings (SSSR count). The van der Waals surface area contributed by atoms with E-state index in [2.05, 4.69) is 20.8 Å². The molecule has 1 aromatic carbocycles.